The molecule has 4 saturated carbocycles. The van der Waals surface area contributed by atoms with Gasteiger partial charge >= 0.3 is 0 Å². The Morgan fingerprint density at radius 3 is 2.50 bits per heavy atom. The van der Waals surface area contributed by atoms with Gasteiger partial charge in [-0.3, -0.25) is 4.79 Å². The molecule has 22 heavy (non-hydrogen) atoms. The van der Waals surface area contributed by atoms with Gasteiger partial charge in [0, 0.05) is 18.5 Å². The third-order valence-corrected chi connectivity index (χ3v) is 6.15. The van der Waals surface area contributed by atoms with Gasteiger partial charge in [0.1, 0.15) is 6.26 Å². The van der Waals surface area contributed by atoms with Gasteiger partial charge < -0.3 is 9.84 Å². The van der Waals surface area contributed by atoms with Crippen molar-refractivity contribution >= 4 is 5.91 Å². The van der Waals surface area contributed by atoms with Gasteiger partial charge in [-0.25, -0.2) is 0 Å². The van der Waals surface area contributed by atoms with E-state index in [2.05, 4.69) is 10.5 Å². The van der Waals surface area contributed by atoms with E-state index >= 15 is 0 Å². The molecule has 1 aromatic rings. The minimum absolute atomic E-state index is 0.271. The van der Waals surface area contributed by atoms with Crippen molar-refractivity contribution in [3.8, 4) is 0 Å². The Kier molecular flexibility index (Phi) is 3.71. The normalized spacial score (nSPS) is 35.7. The lowest BCUT2D eigenvalue weighted by atomic mass is 9.49. The van der Waals surface area contributed by atoms with Crippen LogP contribution in [0.1, 0.15) is 56.9 Å². The lowest BCUT2D eigenvalue weighted by molar-refractivity contribution is -0.129. The van der Waals surface area contributed by atoms with Crippen LogP contribution in [0.3, 0.4) is 0 Å². The number of hydrogen-bond acceptors (Lipinski definition) is 3. The Morgan fingerprint density at radius 1 is 1.23 bits per heavy atom. The molecule has 1 N–H and O–H groups in total. The zero-order valence-electron chi connectivity index (χ0n) is 13.2. The summed E-state index contributed by atoms with van der Waals surface area (Å²) < 4.78 is 4.81. The highest BCUT2D eigenvalue weighted by molar-refractivity contribution is 5.76. The van der Waals surface area contributed by atoms with Gasteiger partial charge in [-0.05, 0) is 74.5 Å². The Bertz CT molecular complexity index is 488. The van der Waals surface area contributed by atoms with Crippen LogP contribution in [0.15, 0.2) is 17.0 Å². The summed E-state index contributed by atoms with van der Waals surface area (Å²) in [5.41, 5.74) is 1.46. The van der Waals surface area contributed by atoms with E-state index in [4.69, 9.17) is 4.52 Å². The summed E-state index contributed by atoms with van der Waals surface area (Å²) in [7, 11) is 0. The first-order valence-electron chi connectivity index (χ1n) is 8.86. The molecule has 0 radical (unpaired) electrons. The van der Waals surface area contributed by atoms with Crippen LogP contribution in [0.4, 0.5) is 0 Å². The fourth-order valence-corrected chi connectivity index (χ4v) is 5.78. The summed E-state index contributed by atoms with van der Waals surface area (Å²) >= 11 is 0. The minimum Gasteiger partial charge on any atom is -0.364 e. The van der Waals surface area contributed by atoms with E-state index in [0.29, 0.717) is 5.41 Å². The second-order valence-corrected chi connectivity index (χ2v) is 8.08. The van der Waals surface area contributed by atoms with Crippen LogP contribution in [0.2, 0.25) is 0 Å². The number of aryl methyl sites for hydroxylation is 1. The third kappa shape index (κ3) is 2.92. The quantitative estimate of drug-likeness (QED) is 0.820. The van der Waals surface area contributed by atoms with Crippen LogP contribution in [0.5, 0.6) is 0 Å². The monoisotopic (exact) mass is 302 g/mol. The fraction of sp³-hybridized carbons (Fsp3) is 0.778. The Labute approximate surface area is 132 Å². The average Bonchev–Trinajstić information content (AvgIpc) is 2.94. The predicted molar refractivity (Wildman–Crippen MR) is 83.1 cm³/mol. The molecule has 4 heteroatoms. The molecule has 4 aliphatic rings. The van der Waals surface area contributed by atoms with Crippen LogP contribution in [-0.4, -0.2) is 17.6 Å². The predicted octanol–water partition coefficient (Wildman–Crippen LogP) is 3.33. The van der Waals surface area contributed by atoms with Crippen LogP contribution < -0.4 is 5.32 Å². The van der Waals surface area contributed by atoms with Crippen molar-refractivity contribution in [3.05, 3.63) is 18.0 Å². The molecule has 4 aliphatic carbocycles. The van der Waals surface area contributed by atoms with E-state index in [-0.39, 0.29) is 5.91 Å². The van der Waals surface area contributed by atoms with Crippen molar-refractivity contribution < 1.29 is 9.32 Å². The number of amides is 1. The topological polar surface area (TPSA) is 55.1 Å². The third-order valence-electron chi connectivity index (χ3n) is 6.15. The molecule has 1 heterocycles. The van der Waals surface area contributed by atoms with E-state index < -0.39 is 0 Å². The van der Waals surface area contributed by atoms with Gasteiger partial charge in [-0.2, -0.15) is 0 Å². The van der Waals surface area contributed by atoms with Gasteiger partial charge in [0.2, 0.25) is 5.91 Å². The Hall–Kier alpha value is -1.32. The van der Waals surface area contributed by atoms with Crippen molar-refractivity contribution in [1.82, 2.24) is 10.5 Å². The lowest BCUT2D eigenvalue weighted by Crippen LogP contribution is -2.48. The number of hydrogen-bond donors (Lipinski definition) is 1. The van der Waals surface area contributed by atoms with Crippen LogP contribution in [0, 0.1) is 23.2 Å². The standard InChI is InChI=1S/C18H26N2O2/c21-17(19-3-1-2-13-11-20-22-12-13)10-18-7-14-4-15(8-18)6-16(5-14)9-18/h11-12,14-16H,1-10H2,(H,19,21). The number of nitrogens with zero attached hydrogens (tertiary/aromatic N) is 1. The molecule has 5 rings (SSSR count). The molecule has 0 atom stereocenters. The molecule has 0 saturated heterocycles. The highest BCUT2D eigenvalue weighted by atomic mass is 16.5. The summed E-state index contributed by atoms with van der Waals surface area (Å²) in [5.74, 6) is 3.04. The van der Waals surface area contributed by atoms with E-state index in [1.165, 1.54) is 38.5 Å². The van der Waals surface area contributed by atoms with Crippen molar-refractivity contribution in [2.45, 2.75) is 57.8 Å². The van der Waals surface area contributed by atoms with Crippen LogP contribution in [-0.2, 0) is 11.2 Å². The number of rotatable bonds is 6. The molecule has 0 aromatic carbocycles. The number of carbonyl (C=O) groups excluding carboxylic acids is 1. The van der Waals surface area contributed by atoms with E-state index in [9.17, 15) is 4.79 Å². The summed E-state index contributed by atoms with van der Waals surface area (Å²) in [6.07, 6.45) is 14.3. The van der Waals surface area contributed by atoms with E-state index in [1.807, 2.05) is 0 Å². The second-order valence-electron chi connectivity index (χ2n) is 8.08. The van der Waals surface area contributed by atoms with Crippen molar-refractivity contribution in [2.24, 2.45) is 23.2 Å². The highest BCUT2D eigenvalue weighted by Crippen LogP contribution is 2.61. The Morgan fingerprint density at radius 2 is 1.91 bits per heavy atom. The molecule has 0 aliphatic heterocycles. The summed E-state index contributed by atoms with van der Waals surface area (Å²) in [6.45, 7) is 0.760. The molecule has 1 amide bonds. The van der Waals surface area contributed by atoms with Crippen LogP contribution in [0.25, 0.3) is 0 Å². The minimum atomic E-state index is 0.271. The lowest BCUT2D eigenvalue weighted by Gasteiger charge is -2.56. The number of nitrogens with one attached hydrogen (secondary N) is 1. The maximum atomic E-state index is 12.3. The average molecular weight is 302 g/mol. The molecule has 4 nitrogen and oxygen atoms in total. The van der Waals surface area contributed by atoms with Gasteiger partial charge in [-0.1, -0.05) is 5.16 Å². The highest BCUT2D eigenvalue weighted by Gasteiger charge is 2.51. The fourth-order valence-electron chi connectivity index (χ4n) is 5.78. The van der Waals surface area contributed by atoms with Crippen LogP contribution >= 0.6 is 0 Å². The maximum Gasteiger partial charge on any atom is 0.220 e. The maximum absolute atomic E-state index is 12.3. The van der Waals surface area contributed by atoms with Crippen molar-refractivity contribution in [2.75, 3.05) is 6.54 Å². The molecular weight excluding hydrogens is 276 g/mol. The first-order valence-corrected chi connectivity index (χ1v) is 8.86. The molecule has 0 spiro atoms. The summed E-state index contributed by atoms with van der Waals surface area (Å²) in [5, 5.41) is 6.83. The first-order chi connectivity index (χ1) is 10.7. The molecule has 1 aromatic heterocycles. The van der Waals surface area contributed by atoms with E-state index in [0.717, 1.165) is 49.1 Å². The summed E-state index contributed by atoms with van der Waals surface area (Å²) in [4.78, 5) is 12.3. The molecule has 4 fully saturated rings. The summed E-state index contributed by atoms with van der Waals surface area (Å²) in [6, 6.07) is 0. The Balaban J connectivity index is 1.24. The van der Waals surface area contributed by atoms with Crippen molar-refractivity contribution in [3.63, 3.8) is 0 Å². The van der Waals surface area contributed by atoms with Gasteiger partial charge in [0.15, 0.2) is 0 Å². The molecule has 4 bridgehead atoms. The number of carbonyl (C=O) groups is 1. The SMILES string of the molecule is O=C(CC12CC3CC(CC(C3)C1)C2)NCCCc1cnoc1. The van der Waals surface area contributed by atoms with Gasteiger partial charge in [0.05, 0.1) is 6.20 Å². The molecule has 0 unspecified atom stereocenters. The smallest absolute Gasteiger partial charge is 0.220 e. The zero-order valence-corrected chi connectivity index (χ0v) is 13.2. The number of aromatic nitrogens is 1. The van der Waals surface area contributed by atoms with E-state index in [1.54, 1.807) is 12.5 Å². The zero-order chi connectivity index (χ0) is 15.0. The first kappa shape index (κ1) is 14.3. The largest absolute Gasteiger partial charge is 0.364 e. The van der Waals surface area contributed by atoms with Gasteiger partial charge in [0.25, 0.3) is 0 Å². The molecular formula is C18H26N2O2. The molecule has 120 valence electrons. The van der Waals surface area contributed by atoms with Gasteiger partial charge in [-0.15, -0.1) is 0 Å². The van der Waals surface area contributed by atoms with Crippen molar-refractivity contribution in [1.29, 1.82) is 0 Å². The second kappa shape index (κ2) is 5.71.